The number of carbonyl (C=O) groups excluding carboxylic acids is 1. The highest BCUT2D eigenvalue weighted by molar-refractivity contribution is 9.10. The third-order valence-corrected chi connectivity index (χ3v) is 3.96. The maximum Gasteiger partial charge on any atom is 0.346 e. The number of hydrogen-bond acceptors (Lipinski definition) is 7. The van der Waals surface area contributed by atoms with E-state index in [2.05, 4.69) is 30.8 Å². The fourth-order valence-corrected chi connectivity index (χ4v) is 2.45. The molecule has 2 aromatic rings. The van der Waals surface area contributed by atoms with Gasteiger partial charge in [-0.25, -0.2) is 14.5 Å². The molecule has 2 N–H and O–H groups in total. The van der Waals surface area contributed by atoms with Crippen LogP contribution in [-0.2, 0) is 9.53 Å². The molecule has 0 aliphatic heterocycles. The van der Waals surface area contributed by atoms with Crippen LogP contribution in [0.4, 0.5) is 5.95 Å². The van der Waals surface area contributed by atoms with E-state index in [1.54, 1.807) is 31.5 Å². The van der Waals surface area contributed by atoms with E-state index in [0.29, 0.717) is 21.9 Å². The van der Waals surface area contributed by atoms with Gasteiger partial charge in [-0.15, -0.1) is 0 Å². The fourth-order valence-electron chi connectivity index (χ4n) is 2.03. The average molecular weight is 411 g/mol. The van der Waals surface area contributed by atoms with Gasteiger partial charge in [-0.1, -0.05) is 0 Å². The van der Waals surface area contributed by atoms with E-state index in [-0.39, 0.29) is 0 Å². The predicted molar refractivity (Wildman–Crippen MR) is 97.2 cm³/mol. The molecule has 25 heavy (non-hydrogen) atoms. The number of methoxy groups -OCH3 is 2. The van der Waals surface area contributed by atoms with Gasteiger partial charge in [0.15, 0.2) is 17.6 Å². The van der Waals surface area contributed by atoms with Crippen molar-refractivity contribution in [3.05, 3.63) is 34.1 Å². The van der Waals surface area contributed by atoms with Crippen molar-refractivity contribution in [1.82, 2.24) is 9.66 Å². The number of nitrogens with zero attached hydrogens (tertiary/aromatic N) is 3. The molecule has 134 valence electrons. The van der Waals surface area contributed by atoms with Crippen LogP contribution < -0.4 is 15.2 Å². The van der Waals surface area contributed by atoms with Crippen molar-refractivity contribution in [3.8, 4) is 11.5 Å². The third kappa shape index (κ3) is 4.50. The van der Waals surface area contributed by atoms with Gasteiger partial charge in [0.1, 0.15) is 0 Å². The number of esters is 1. The number of nitrogens with two attached hydrogens (primary N) is 1. The normalized spacial score (nSPS) is 12.2. The molecule has 0 amide bonds. The van der Waals surface area contributed by atoms with Crippen LogP contribution in [0.15, 0.2) is 27.9 Å². The molecule has 0 fully saturated rings. The quantitative estimate of drug-likeness (QED) is 0.579. The number of aryl methyl sites for hydroxylation is 1. The van der Waals surface area contributed by atoms with Gasteiger partial charge in [-0.3, -0.25) is 0 Å². The molecular formula is C16H19BrN4O4. The minimum Gasteiger partial charge on any atom is -0.493 e. The molecule has 1 aromatic heterocycles. The predicted octanol–water partition coefficient (Wildman–Crippen LogP) is 2.37. The molecule has 2 rings (SSSR count). The molecule has 0 saturated carbocycles. The number of rotatable bonds is 6. The minimum atomic E-state index is -0.765. The van der Waals surface area contributed by atoms with Gasteiger partial charge < -0.3 is 19.9 Å². The zero-order valence-electron chi connectivity index (χ0n) is 14.3. The van der Waals surface area contributed by atoms with E-state index in [1.165, 1.54) is 18.9 Å². The minimum absolute atomic E-state index is 0.295. The lowest BCUT2D eigenvalue weighted by Crippen LogP contribution is -2.25. The molecule has 1 atom stereocenters. The number of anilines is 1. The molecule has 0 radical (unpaired) electrons. The van der Waals surface area contributed by atoms with Crippen molar-refractivity contribution < 1.29 is 19.0 Å². The zero-order valence-corrected chi connectivity index (χ0v) is 15.9. The SMILES string of the molecule is COC(=O)C(C)Oc1cc(Br)c(C=Nn2cc(C)nc2N)cc1OC. The summed E-state index contributed by atoms with van der Waals surface area (Å²) in [6.45, 7) is 3.43. The first-order valence-electron chi connectivity index (χ1n) is 7.33. The second-order valence-corrected chi connectivity index (χ2v) is 5.99. The largest absolute Gasteiger partial charge is 0.493 e. The van der Waals surface area contributed by atoms with Crippen molar-refractivity contribution in [2.75, 3.05) is 20.0 Å². The first-order chi connectivity index (χ1) is 11.8. The molecule has 8 nitrogen and oxygen atoms in total. The van der Waals surface area contributed by atoms with Gasteiger partial charge in [0.05, 0.1) is 32.3 Å². The van der Waals surface area contributed by atoms with Gasteiger partial charge in [0.2, 0.25) is 5.95 Å². The van der Waals surface area contributed by atoms with Gasteiger partial charge >= 0.3 is 5.97 Å². The first-order valence-corrected chi connectivity index (χ1v) is 8.12. The molecule has 0 spiro atoms. The van der Waals surface area contributed by atoms with Crippen LogP contribution in [0.25, 0.3) is 0 Å². The maximum absolute atomic E-state index is 11.5. The monoisotopic (exact) mass is 410 g/mol. The van der Waals surface area contributed by atoms with Crippen molar-refractivity contribution >= 4 is 34.1 Å². The van der Waals surface area contributed by atoms with Gasteiger partial charge in [-0.05, 0) is 41.9 Å². The van der Waals surface area contributed by atoms with Crippen LogP contribution in [0.2, 0.25) is 0 Å². The summed E-state index contributed by atoms with van der Waals surface area (Å²) in [5.41, 5.74) is 7.26. The molecule has 0 aliphatic carbocycles. The number of ether oxygens (including phenoxy) is 3. The van der Waals surface area contributed by atoms with Crippen LogP contribution in [0.1, 0.15) is 18.2 Å². The Kier molecular flexibility index (Phi) is 6.02. The van der Waals surface area contributed by atoms with Crippen LogP contribution in [0.5, 0.6) is 11.5 Å². The van der Waals surface area contributed by atoms with E-state index in [9.17, 15) is 4.79 Å². The van der Waals surface area contributed by atoms with Crippen LogP contribution >= 0.6 is 15.9 Å². The lowest BCUT2D eigenvalue weighted by molar-refractivity contribution is -0.147. The highest BCUT2D eigenvalue weighted by atomic mass is 79.9. The highest BCUT2D eigenvalue weighted by Crippen LogP contribution is 2.33. The fraction of sp³-hybridized carbons (Fsp3) is 0.312. The van der Waals surface area contributed by atoms with Crippen molar-refractivity contribution in [3.63, 3.8) is 0 Å². The summed E-state index contributed by atoms with van der Waals surface area (Å²) < 4.78 is 17.8. The summed E-state index contributed by atoms with van der Waals surface area (Å²) in [6.07, 6.45) is 2.56. The highest BCUT2D eigenvalue weighted by Gasteiger charge is 2.18. The second-order valence-electron chi connectivity index (χ2n) is 5.14. The van der Waals surface area contributed by atoms with E-state index in [0.717, 1.165) is 11.3 Å². The van der Waals surface area contributed by atoms with Crippen molar-refractivity contribution in [1.29, 1.82) is 0 Å². The number of halogens is 1. The average Bonchev–Trinajstić information content (AvgIpc) is 2.90. The Morgan fingerprint density at radius 1 is 1.40 bits per heavy atom. The Bertz CT molecular complexity index is 804. The zero-order chi connectivity index (χ0) is 18.6. The van der Waals surface area contributed by atoms with E-state index in [1.807, 2.05) is 6.92 Å². The molecule has 1 aromatic carbocycles. The molecule has 0 bridgehead atoms. The topological polar surface area (TPSA) is 101 Å². The summed E-state index contributed by atoms with van der Waals surface area (Å²) in [6, 6.07) is 3.43. The van der Waals surface area contributed by atoms with E-state index >= 15 is 0 Å². The molecule has 1 unspecified atom stereocenters. The second kappa shape index (κ2) is 8.02. The standard InChI is InChI=1S/C16H19BrN4O4/c1-9-8-21(16(18)20-9)19-7-11-5-13(23-3)14(6-12(11)17)25-10(2)15(22)24-4/h5-8,10H,1-4H3,(H2,18,20). The lowest BCUT2D eigenvalue weighted by Gasteiger charge is -2.16. The van der Waals surface area contributed by atoms with E-state index < -0.39 is 12.1 Å². The number of benzene rings is 1. The summed E-state index contributed by atoms with van der Waals surface area (Å²) in [5.74, 6) is 0.677. The van der Waals surface area contributed by atoms with Crippen LogP contribution in [0, 0.1) is 6.92 Å². The van der Waals surface area contributed by atoms with Crippen LogP contribution in [-0.4, -0.2) is 42.2 Å². The van der Waals surface area contributed by atoms with Crippen LogP contribution in [0.3, 0.4) is 0 Å². The van der Waals surface area contributed by atoms with Crippen molar-refractivity contribution in [2.45, 2.75) is 20.0 Å². The van der Waals surface area contributed by atoms with Gasteiger partial charge in [0, 0.05) is 10.0 Å². The third-order valence-electron chi connectivity index (χ3n) is 3.28. The molecule has 1 heterocycles. The molecular weight excluding hydrogens is 392 g/mol. The van der Waals surface area contributed by atoms with E-state index in [4.69, 9.17) is 15.2 Å². The number of carbonyl (C=O) groups is 1. The Morgan fingerprint density at radius 3 is 2.68 bits per heavy atom. The summed E-state index contributed by atoms with van der Waals surface area (Å²) in [7, 11) is 2.81. The molecule has 0 saturated heterocycles. The van der Waals surface area contributed by atoms with Gasteiger partial charge in [-0.2, -0.15) is 5.10 Å². The summed E-state index contributed by atoms with van der Waals surface area (Å²) >= 11 is 3.45. The number of hydrogen-bond donors (Lipinski definition) is 1. The number of aromatic nitrogens is 2. The number of nitrogen functional groups attached to an aromatic ring is 1. The summed E-state index contributed by atoms with van der Waals surface area (Å²) in [5, 5.41) is 4.27. The molecule has 9 heteroatoms. The lowest BCUT2D eigenvalue weighted by atomic mass is 10.2. The first kappa shape index (κ1) is 18.8. The number of imidazole rings is 1. The Labute approximate surface area is 153 Å². The van der Waals surface area contributed by atoms with Crippen molar-refractivity contribution in [2.24, 2.45) is 5.10 Å². The molecule has 0 aliphatic rings. The Hall–Kier alpha value is -2.55. The maximum atomic E-state index is 11.5. The Balaban J connectivity index is 2.29. The smallest absolute Gasteiger partial charge is 0.346 e. The van der Waals surface area contributed by atoms with Gasteiger partial charge in [0.25, 0.3) is 0 Å². The Morgan fingerprint density at radius 2 is 2.12 bits per heavy atom. The summed E-state index contributed by atoms with van der Waals surface area (Å²) in [4.78, 5) is 15.6.